The van der Waals surface area contributed by atoms with Crippen molar-refractivity contribution in [1.82, 2.24) is 0 Å². The van der Waals surface area contributed by atoms with Crippen LogP contribution >= 0.6 is 0 Å². The Morgan fingerprint density at radius 2 is 1.95 bits per heavy atom. The molecule has 3 rings (SSSR count). The minimum atomic E-state index is -1.03. The number of rotatable bonds is 3. The Morgan fingerprint density at radius 1 is 1.14 bits per heavy atom. The minimum absolute atomic E-state index is 0.00684. The molecule has 2 N–H and O–H groups in total. The minimum Gasteiger partial charge on any atom is -0.478 e. The van der Waals surface area contributed by atoms with E-state index in [0.29, 0.717) is 24.3 Å². The lowest BCUT2D eigenvalue weighted by Crippen LogP contribution is -2.18. The van der Waals surface area contributed by atoms with Gasteiger partial charge in [-0.15, -0.1) is 0 Å². The molecule has 0 radical (unpaired) electrons. The van der Waals surface area contributed by atoms with Crippen LogP contribution in [0.25, 0.3) is 0 Å². The van der Waals surface area contributed by atoms with E-state index in [4.69, 9.17) is 9.84 Å². The fourth-order valence-corrected chi connectivity index (χ4v) is 2.28. The fraction of sp³-hybridized carbons (Fsp3) is 0.125. The first-order chi connectivity index (χ1) is 10.1. The normalized spacial score (nSPS) is 13.2. The fourth-order valence-electron chi connectivity index (χ4n) is 2.28. The van der Waals surface area contributed by atoms with Crippen LogP contribution in [0.4, 0.5) is 5.69 Å². The van der Waals surface area contributed by atoms with Gasteiger partial charge in [0.15, 0.2) is 0 Å². The summed E-state index contributed by atoms with van der Waals surface area (Å²) in [5.41, 5.74) is 1.88. The molecule has 0 spiro atoms. The van der Waals surface area contributed by atoms with Gasteiger partial charge in [0.1, 0.15) is 17.1 Å². The second kappa shape index (κ2) is 5.28. The average Bonchev–Trinajstić information content (AvgIpc) is 2.48. The number of carboxylic acid groups (broad SMARTS) is 1. The number of benzene rings is 2. The van der Waals surface area contributed by atoms with Gasteiger partial charge in [-0.2, -0.15) is 0 Å². The van der Waals surface area contributed by atoms with Crippen molar-refractivity contribution in [2.24, 2.45) is 0 Å². The Morgan fingerprint density at radius 3 is 2.76 bits per heavy atom. The molecule has 5 heteroatoms. The first-order valence-electron chi connectivity index (χ1n) is 6.56. The molecule has 1 aliphatic heterocycles. The Kier molecular flexibility index (Phi) is 3.31. The SMILES string of the molecule is O=C1CCc2cc(Oc3ccccc3C(=O)O)ccc2N1. The molecule has 1 heterocycles. The van der Waals surface area contributed by atoms with Gasteiger partial charge in [0.2, 0.25) is 5.91 Å². The number of aryl methyl sites for hydroxylation is 1. The monoisotopic (exact) mass is 283 g/mol. The van der Waals surface area contributed by atoms with Crippen LogP contribution in [0, 0.1) is 0 Å². The number of carbonyl (C=O) groups is 2. The van der Waals surface area contributed by atoms with Crippen molar-refractivity contribution in [1.29, 1.82) is 0 Å². The highest BCUT2D eigenvalue weighted by atomic mass is 16.5. The van der Waals surface area contributed by atoms with Gasteiger partial charge in [-0.1, -0.05) is 12.1 Å². The largest absolute Gasteiger partial charge is 0.478 e. The van der Waals surface area contributed by atoms with Gasteiger partial charge in [-0.05, 0) is 42.3 Å². The van der Waals surface area contributed by atoms with E-state index in [-0.39, 0.29) is 11.5 Å². The Hall–Kier alpha value is -2.82. The Labute approximate surface area is 121 Å². The maximum Gasteiger partial charge on any atom is 0.339 e. The predicted octanol–water partition coefficient (Wildman–Crippen LogP) is 3.06. The molecule has 5 nitrogen and oxygen atoms in total. The van der Waals surface area contributed by atoms with Crippen molar-refractivity contribution >= 4 is 17.6 Å². The lowest BCUT2D eigenvalue weighted by molar-refractivity contribution is -0.116. The van der Waals surface area contributed by atoms with Crippen molar-refractivity contribution in [2.75, 3.05) is 5.32 Å². The number of carbonyl (C=O) groups excluding carboxylic acids is 1. The summed E-state index contributed by atoms with van der Waals surface area (Å²) in [6, 6.07) is 11.8. The summed E-state index contributed by atoms with van der Waals surface area (Å²) in [4.78, 5) is 22.5. The van der Waals surface area contributed by atoms with Crippen LogP contribution in [-0.4, -0.2) is 17.0 Å². The van der Waals surface area contributed by atoms with Gasteiger partial charge >= 0.3 is 5.97 Å². The maximum atomic E-state index is 11.3. The van der Waals surface area contributed by atoms with Gasteiger partial charge in [-0.25, -0.2) is 4.79 Å². The second-order valence-electron chi connectivity index (χ2n) is 4.77. The molecule has 2 aromatic rings. The number of hydrogen-bond donors (Lipinski definition) is 2. The molecule has 0 bridgehead atoms. The number of ether oxygens (including phenoxy) is 1. The zero-order valence-corrected chi connectivity index (χ0v) is 11.1. The quantitative estimate of drug-likeness (QED) is 0.907. The molecule has 0 fully saturated rings. The number of amides is 1. The molecule has 1 amide bonds. The number of para-hydroxylation sites is 1. The van der Waals surface area contributed by atoms with E-state index in [2.05, 4.69) is 5.32 Å². The summed E-state index contributed by atoms with van der Waals surface area (Å²) >= 11 is 0. The molecule has 1 aliphatic rings. The van der Waals surface area contributed by atoms with Crippen LogP contribution in [0.5, 0.6) is 11.5 Å². The summed E-state index contributed by atoms with van der Waals surface area (Å²) in [7, 11) is 0. The van der Waals surface area contributed by atoms with Crippen LogP contribution in [-0.2, 0) is 11.2 Å². The lowest BCUT2D eigenvalue weighted by Gasteiger charge is -2.18. The van der Waals surface area contributed by atoms with Gasteiger partial charge in [0.05, 0.1) is 0 Å². The van der Waals surface area contributed by atoms with E-state index in [0.717, 1.165) is 11.3 Å². The van der Waals surface area contributed by atoms with Crippen molar-refractivity contribution < 1.29 is 19.4 Å². The zero-order chi connectivity index (χ0) is 14.8. The summed E-state index contributed by atoms with van der Waals surface area (Å²) in [6.07, 6.45) is 1.10. The molecule has 0 aromatic heterocycles. The number of anilines is 1. The maximum absolute atomic E-state index is 11.3. The van der Waals surface area contributed by atoms with Crippen LogP contribution in [0.1, 0.15) is 22.3 Å². The van der Waals surface area contributed by atoms with E-state index >= 15 is 0 Å². The standard InChI is InChI=1S/C16H13NO4/c18-15-8-5-10-9-11(6-7-13(10)17-15)21-14-4-2-1-3-12(14)16(19)20/h1-4,6-7,9H,5,8H2,(H,17,18)(H,19,20). The molecule has 0 saturated carbocycles. The third-order valence-corrected chi connectivity index (χ3v) is 3.32. The molecule has 0 aliphatic carbocycles. The van der Waals surface area contributed by atoms with E-state index in [1.807, 2.05) is 6.07 Å². The van der Waals surface area contributed by atoms with Crippen molar-refractivity contribution in [3.05, 3.63) is 53.6 Å². The van der Waals surface area contributed by atoms with Crippen LogP contribution in [0.2, 0.25) is 0 Å². The lowest BCUT2D eigenvalue weighted by atomic mass is 10.0. The Bertz CT molecular complexity index is 724. The first kappa shape index (κ1) is 13.2. The molecule has 106 valence electrons. The number of carboxylic acids is 1. The highest BCUT2D eigenvalue weighted by Gasteiger charge is 2.16. The molecular weight excluding hydrogens is 270 g/mol. The van der Waals surface area contributed by atoms with Gasteiger partial charge in [-0.3, -0.25) is 4.79 Å². The van der Waals surface area contributed by atoms with E-state index in [9.17, 15) is 9.59 Å². The summed E-state index contributed by atoms with van der Waals surface area (Å²) < 4.78 is 5.67. The zero-order valence-electron chi connectivity index (χ0n) is 11.1. The molecule has 2 aromatic carbocycles. The van der Waals surface area contributed by atoms with E-state index in [1.54, 1.807) is 30.3 Å². The highest BCUT2D eigenvalue weighted by Crippen LogP contribution is 2.30. The molecular formula is C16H13NO4. The van der Waals surface area contributed by atoms with Crippen molar-refractivity contribution in [3.8, 4) is 11.5 Å². The van der Waals surface area contributed by atoms with E-state index in [1.165, 1.54) is 6.07 Å². The smallest absolute Gasteiger partial charge is 0.339 e. The van der Waals surface area contributed by atoms with Gasteiger partial charge in [0, 0.05) is 12.1 Å². The highest BCUT2D eigenvalue weighted by molar-refractivity contribution is 5.94. The topological polar surface area (TPSA) is 75.6 Å². The number of fused-ring (bicyclic) bond motifs is 1. The summed E-state index contributed by atoms with van der Waals surface area (Å²) in [5, 5.41) is 11.9. The second-order valence-corrected chi connectivity index (χ2v) is 4.77. The van der Waals surface area contributed by atoms with Crippen molar-refractivity contribution in [2.45, 2.75) is 12.8 Å². The van der Waals surface area contributed by atoms with Crippen molar-refractivity contribution in [3.63, 3.8) is 0 Å². The number of hydrogen-bond acceptors (Lipinski definition) is 3. The van der Waals surface area contributed by atoms with Crippen LogP contribution < -0.4 is 10.1 Å². The van der Waals surface area contributed by atoms with Gasteiger partial charge in [0.25, 0.3) is 0 Å². The molecule has 0 saturated heterocycles. The van der Waals surface area contributed by atoms with Crippen LogP contribution in [0.15, 0.2) is 42.5 Å². The third-order valence-electron chi connectivity index (χ3n) is 3.32. The Balaban J connectivity index is 1.89. The third kappa shape index (κ3) is 2.72. The predicted molar refractivity (Wildman–Crippen MR) is 76.9 cm³/mol. The first-order valence-corrected chi connectivity index (χ1v) is 6.56. The molecule has 0 atom stereocenters. The summed E-state index contributed by atoms with van der Waals surface area (Å²) in [5.74, 6) is -0.174. The summed E-state index contributed by atoms with van der Waals surface area (Å²) in [6.45, 7) is 0. The van der Waals surface area contributed by atoms with E-state index < -0.39 is 5.97 Å². The number of nitrogens with one attached hydrogen (secondary N) is 1. The number of aromatic carboxylic acids is 1. The average molecular weight is 283 g/mol. The molecule has 0 unspecified atom stereocenters. The van der Waals surface area contributed by atoms with Crippen LogP contribution in [0.3, 0.4) is 0 Å². The van der Waals surface area contributed by atoms with Gasteiger partial charge < -0.3 is 15.2 Å². The molecule has 21 heavy (non-hydrogen) atoms.